The lowest BCUT2D eigenvalue weighted by Crippen LogP contribution is -1.95. The Morgan fingerprint density at radius 1 is 0.900 bits per heavy atom. The third kappa shape index (κ3) is 0.804. The predicted octanol–water partition coefficient (Wildman–Crippen LogP) is 1.79. The Bertz CT molecular complexity index is 270. The van der Waals surface area contributed by atoms with Crippen molar-refractivity contribution in [1.29, 1.82) is 0 Å². The van der Waals surface area contributed by atoms with Crippen LogP contribution in [0.15, 0.2) is 24.3 Å². The van der Waals surface area contributed by atoms with Gasteiger partial charge in [0, 0.05) is 12.8 Å². The molecule has 2 rings (SSSR count). The fourth-order valence-corrected chi connectivity index (χ4v) is 1.22. The molecule has 1 aliphatic rings. The molecule has 0 aliphatic heterocycles. The standard InChI is InChI=1S/C10H8/c1-2-6-10-8-4-3-7-9(10)5-1/h1-2,5-6H,7-8H2. The Balaban J connectivity index is 2.52. The number of hydrogen-bond donors (Lipinski definition) is 0. The molecule has 0 radical (unpaired) electrons. The molecule has 0 unspecified atom stereocenters. The minimum atomic E-state index is 0.941. The van der Waals surface area contributed by atoms with Crippen molar-refractivity contribution in [1.82, 2.24) is 0 Å². The average molecular weight is 128 g/mol. The zero-order valence-corrected chi connectivity index (χ0v) is 5.72. The van der Waals surface area contributed by atoms with Crippen LogP contribution in [0.3, 0.4) is 0 Å². The van der Waals surface area contributed by atoms with Gasteiger partial charge in [0.05, 0.1) is 0 Å². The maximum Gasteiger partial charge on any atom is 0.0343 e. The van der Waals surface area contributed by atoms with Gasteiger partial charge in [0.2, 0.25) is 0 Å². The molecule has 48 valence electrons. The van der Waals surface area contributed by atoms with Crippen molar-refractivity contribution >= 4 is 0 Å². The van der Waals surface area contributed by atoms with Gasteiger partial charge in [-0.2, -0.15) is 0 Å². The van der Waals surface area contributed by atoms with Crippen LogP contribution in [0.25, 0.3) is 0 Å². The second kappa shape index (κ2) is 2.19. The molecule has 0 atom stereocenters. The highest BCUT2D eigenvalue weighted by atomic mass is 14.0. The van der Waals surface area contributed by atoms with Crippen LogP contribution in [0.5, 0.6) is 0 Å². The molecule has 0 spiro atoms. The van der Waals surface area contributed by atoms with Crippen molar-refractivity contribution < 1.29 is 0 Å². The van der Waals surface area contributed by atoms with Gasteiger partial charge >= 0.3 is 0 Å². The van der Waals surface area contributed by atoms with Gasteiger partial charge in [-0.3, -0.25) is 0 Å². The lowest BCUT2D eigenvalue weighted by Gasteiger charge is -2.05. The minimum Gasteiger partial charge on any atom is -0.0982 e. The number of hydrogen-bond acceptors (Lipinski definition) is 0. The SMILES string of the molecule is C1#CCc2ccccc2C1. The molecule has 0 nitrogen and oxygen atoms in total. The predicted molar refractivity (Wildman–Crippen MR) is 41.6 cm³/mol. The first-order valence-corrected chi connectivity index (χ1v) is 3.49. The number of fused-ring (bicyclic) bond motifs is 1. The Kier molecular flexibility index (Phi) is 1.22. The Hall–Kier alpha value is -1.22. The van der Waals surface area contributed by atoms with E-state index in [4.69, 9.17) is 0 Å². The third-order valence-electron chi connectivity index (χ3n) is 1.80. The van der Waals surface area contributed by atoms with E-state index in [1.807, 2.05) is 0 Å². The molecule has 0 N–H and O–H groups in total. The zero-order valence-electron chi connectivity index (χ0n) is 5.72. The fraction of sp³-hybridized carbons (Fsp3) is 0.200. The van der Waals surface area contributed by atoms with E-state index in [-0.39, 0.29) is 0 Å². The molecule has 1 aromatic carbocycles. The molecule has 0 fully saturated rings. The van der Waals surface area contributed by atoms with E-state index in [0.29, 0.717) is 0 Å². The van der Waals surface area contributed by atoms with Crippen LogP contribution in [0.2, 0.25) is 0 Å². The Morgan fingerprint density at radius 3 is 1.90 bits per heavy atom. The average Bonchev–Trinajstić information content (AvgIpc) is 2.05. The molecular weight excluding hydrogens is 120 g/mol. The quantitative estimate of drug-likeness (QED) is 0.467. The summed E-state index contributed by atoms with van der Waals surface area (Å²) in [5.74, 6) is 6.18. The van der Waals surface area contributed by atoms with Crippen LogP contribution in [-0.2, 0) is 12.8 Å². The molecule has 0 amide bonds. The second-order valence-corrected chi connectivity index (χ2v) is 2.48. The Morgan fingerprint density at radius 2 is 1.40 bits per heavy atom. The van der Waals surface area contributed by atoms with Gasteiger partial charge in [-0.15, -0.1) is 0 Å². The first kappa shape index (κ1) is 5.56. The van der Waals surface area contributed by atoms with Crippen molar-refractivity contribution in [3.8, 4) is 11.8 Å². The van der Waals surface area contributed by atoms with Crippen molar-refractivity contribution in [3.05, 3.63) is 35.4 Å². The normalized spacial score (nSPS) is 13.2. The fourth-order valence-electron chi connectivity index (χ4n) is 1.22. The van der Waals surface area contributed by atoms with E-state index in [1.165, 1.54) is 11.1 Å². The first-order chi connectivity index (χ1) is 4.97. The van der Waals surface area contributed by atoms with E-state index in [0.717, 1.165) is 12.8 Å². The molecule has 1 aliphatic carbocycles. The van der Waals surface area contributed by atoms with Gasteiger partial charge in [0.1, 0.15) is 0 Å². The summed E-state index contributed by atoms with van der Waals surface area (Å²) in [6, 6.07) is 8.46. The van der Waals surface area contributed by atoms with Gasteiger partial charge in [-0.25, -0.2) is 0 Å². The summed E-state index contributed by atoms with van der Waals surface area (Å²) < 4.78 is 0. The summed E-state index contributed by atoms with van der Waals surface area (Å²) in [6.45, 7) is 0. The summed E-state index contributed by atoms with van der Waals surface area (Å²) in [6.07, 6.45) is 1.88. The molecule has 0 bridgehead atoms. The van der Waals surface area contributed by atoms with Crippen LogP contribution in [0, 0.1) is 11.8 Å². The zero-order chi connectivity index (χ0) is 6.81. The van der Waals surface area contributed by atoms with Gasteiger partial charge in [-0.05, 0) is 11.1 Å². The molecule has 10 heavy (non-hydrogen) atoms. The monoisotopic (exact) mass is 128 g/mol. The molecule has 0 saturated heterocycles. The summed E-state index contributed by atoms with van der Waals surface area (Å²) in [7, 11) is 0. The molecular formula is C10H8. The van der Waals surface area contributed by atoms with Gasteiger partial charge in [0.15, 0.2) is 0 Å². The highest BCUT2D eigenvalue weighted by Gasteiger charge is 2.00. The van der Waals surface area contributed by atoms with Crippen molar-refractivity contribution in [2.75, 3.05) is 0 Å². The van der Waals surface area contributed by atoms with Crippen molar-refractivity contribution in [2.24, 2.45) is 0 Å². The van der Waals surface area contributed by atoms with Crippen LogP contribution in [-0.4, -0.2) is 0 Å². The van der Waals surface area contributed by atoms with Gasteiger partial charge in [0.25, 0.3) is 0 Å². The van der Waals surface area contributed by atoms with E-state index >= 15 is 0 Å². The third-order valence-corrected chi connectivity index (χ3v) is 1.80. The van der Waals surface area contributed by atoms with Crippen LogP contribution < -0.4 is 0 Å². The topological polar surface area (TPSA) is 0 Å². The van der Waals surface area contributed by atoms with E-state index in [2.05, 4.69) is 36.1 Å². The van der Waals surface area contributed by atoms with Gasteiger partial charge in [-0.1, -0.05) is 36.1 Å². The minimum absolute atomic E-state index is 0.941. The second-order valence-electron chi connectivity index (χ2n) is 2.48. The van der Waals surface area contributed by atoms with E-state index in [9.17, 15) is 0 Å². The van der Waals surface area contributed by atoms with Crippen LogP contribution in [0.4, 0.5) is 0 Å². The largest absolute Gasteiger partial charge is 0.0982 e. The first-order valence-electron chi connectivity index (χ1n) is 3.49. The summed E-state index contributed by atoms with van der Waals surface area (Å²) in [4.78, 5) is 0. The highest BCUT2D eigenvalue weighted by molar-refractivity contribution is 5.36. The van der Waals surface area contributed by atoms with Crippen molar-refractivity contribution in [3.63, 3.8) is 0 Å². The maximum absolute atomic E-state index is 3.09. The summed E-state index contributed by atoms with van der Waals surface area (Å²) in [5, 5.41) is 0. The molecule has 0 aromatic heterocycles. The van der Waals surface area contributed by atoms with Gasteiger partial charge < -0.3 is 0 Å². The smallest absolute Gasteiger partial charge is 0.0343 e. The maximum atomic E-state index is 3.09. The number of benzene rings is 1. The molecule has 1 aromatic rings. The van der Waals surface area contributed by atoms with Crippen LogP contribution >= 0.6 is 0 Å². The molecule has 0 heterocycles. The molecule has 0 saturated carbocycles. The van der Waals surface area contributed by atoms with E-state index < -0.39 is 0 Å². The van der Waals surface area contributed by atoms with Crippen LogP contribution in [0.1, 0.15) is 11.1 Å². The summed E-state index contributed by atoms with van der Waals surface area (Å²) >= 11 is 0. The lowest BCUT2D eigenvalue weighted by molar-refractivity contribution is 1.16. The number of rotatable bonds is 0. The highest BCUT2D eigenvalue weighted by Crippen LogP contribution is 2.11. The lowest BCUT2D eigenvalue weighted by atomic mass is 9.99. The van der Waals surface area contributed by atoms with Crippen molar-refractivity contribution in [2.45, 2.75) is 12.8 Å². The Labute approximate surface area is 60.9 Å². The summed E-state index contributed by atoms with van der Waals surface area (Å²) in [5.41, 5.74) is 2.81. The molecule has 0 heteroatoms. The van der Waals surface area contributed by atoms with E-state index in [1.54, 1.807) is 0 Å².